The molecule has 4 bridgehead atoms. The molecule has 1 nitrogen and oxygen atoms in total. The van der Waals surface area contributed by atoms with Gasteiger partial charge in [0, 0.05) is 5.92 Å². The Labute approximate surface area is 122 Å². The van der Waals surface area contributed by atoms with Gasteiger partial charge in [-0.15, -0.1) is 0 Å². The van der Waals surface area contributed by atoms with Crippen LogP contribution in [0.3, 0.4) is 0 Å². The van der Waals surface area contributed by atoms with Gasteiger partial charge in [-0.05, 0) is 80.7 Å². The maximum atomic E-state index is 6.28. The lowest BCUT2D eigenvalue weighted by atomic mass is 9.46. The smallest absolute Gasteiger partial charge is 0.00181 e. The van der Waals surface area contributed by atoms with Gasteiger partial charge in [0.1, 0.15) is 0 Å². The van der Waals surface area contributed by atoms with Crippen molar-refractivity contribution in [3.63, 3.8) is 0 Å². The van der Waals surface area contributed by atoms with Gasteiger partial charge in [0.25, 0.3) is 0 Å². The van der Waals surface area contributed by atoms with Gasteiger partial charge in [-0.3, -0.25) is 0 Å². The van der Waals surface area contributed by atoms with Gasteiger partial charge in [-0.2, -0.15) is 0 Å². The van der Waals surface area contributed by atoms with Crippen LogP contribution in [0.1, 0.15) is 55.6 Å². The van der Waals surface area contributed by atoms with Gasteiger partial charge in [0.05, 0.1) is 0 Å². The van der Waals surface area contributed by atoms with Crippen molar-refractivity contribution < 1.29 is 0 Å². The van der Waals surface area contributed by atoms with Crippen molar-refractivity contribution in [1.82, 2.24) is 0 Å². The number of benzene rings is 1. The van der Waals surface area contributed by atoms with Gasteiger partial charge >= 0.3 is 0 Å². The molecule has 1 aromatic carbocycles. The van der Waals surface area contributed by atoms with E-state index < -0.39 is 0 Å². The Morgan fingerprint density at radius 3 is 2.20 bits per heavy atom. The second kappa shape index (κ2) is 4.59. The van der Waals surface area contributed by atoms with Crippen LogP contribution in [-0.2, 0) is 0 Å². The van der Waals surface area contributed by atoms with E-state index in [0.29, 0.717) is 11.3 Å². The Balaban J connectivity index is 1.70. The fourth-order valence-electron chi connectivity index (χ4n) is 6.23. The van der Waals surface area contributed by atoms with Crippen LogP contribution in [0.15, 0.2) is 24.3 Å². The molecule has 1 heteroatoms. The minimum atomic E-state index is 0.539. The van der Waals surface area contributed by atoms with Crippen LogP contribution in [0.25, 0.3) is 0 Å². The zero-order valence-corrected chi connectivity index (χ0v) is 12.6. The van der Waals surface area contributed by atoms with E-state index in [1.165, 1.54) is 49.7 Å². The SMILES string of the molecule is Cc1cccc(C(CN)C23CC4CC(CC(C4)C2)C3)c1. The molecule has 0 spiro atoms. The van der Waals surface area contributed by atoms with Crippen molar-refractivity contribution in [3.05, 3.63) is 35.4 Å². The average molecular weight is 269 g/mol. The predicted octanol–water partition coefficient (Wildman–Crippen LogP) is 4.25. The maximum absolute atomic E-state index is 6.28. The standard InChI is InChI=1S/C19H27N/c1-13-3-2-4-17(5-13)18(12-20)19-9-14-6-15(10-19)8-16(7-14)11-19/h2-5,14-16,18H,6-12,20H2,1H3. The highest BCUT2D eigenvalue weighted by atomic mass is 14.6. The first-order valence-corrected chi connectivity index (χ1v) is 8.45. The number of hydrogen-bond acceptors (Lipinski definition) is 1. The molecule has 4 fully saturated rings. The quantitative estimate of drug-likeness (QED) is 0.872. The molecule has 0 aromatic heterocycles. The van der Waals surface area contributed by atoms with Crippen molar-refractivity contribution in [2.24, 2.45) is 28.9 Å². The van der Waals surface area contributed by atoms with Crippen molar-refractivity contribution in [1.29, 1.82) is 0 Å². The van der Waals surface area contributed by atoms with Gasteiger partial charge in [-0.1, -0.05) is 29.8 Å². The molecule has 0 amide bonds. The average Bonchev–Trinajstić information content (AvgIpc) is 2.37. The van der Waals surface area contributed by atoms with Gasteiger partial charge in [-0.25, -0.2) is 0 Å². The molecule has 4 saturated carbocycles. The normalized spacial score (nSPS) is 40.0. The topological polar surface area (TPSA) is 26.0 Å². The van der Waals surface area contributed by atoms with Gasteiger partial charge in [0.15, 0.2) is 0 Å². The Morgan fingerprint density at radius 1 is 1.10 bits per heavy atom. The minimum absolute atomic E-state index is 0.539. The lowest BCUT2D eigenvalue weighted by molar-refractivity contribution is -0.0671. The second-order valence-corrected chi connectivity index (χ2v) is 7.98. The fourth-order valence-corrected chi connectivity index (χ4v) is 6.23. The third-order valence-corrected chi connectivity index (χ3v) is 6.51. The highest BCUT2D eigenvalue weighted by molar-refractivity contribution is 5.29. The Morgan fingerprint density at radius 2 is 1.70 bits per heavy atom. The molecule has 4 aliphatic carbocycles. The summed E-state index contributed by atoms with van der Waals surface area (Å²) >= 11 is 0. The Kier molecular flexibility index (Phi) is 2.96. The summed E-state index contributed by atoms with van der Waals surface area (Å²) in [6.07, 6.45) is 8.91. The number of aryl methyl sites for hydroxylation is 1. The summed E-state index contributed by atoms with van der Waals surface area (Å²) in [5, 5.41) is 0. The van der Waals surface area contributed by atoms with Crippen molar-refractivity contribution in [2.75, 3.05) is 6.54 Å². The molecule has 1 aromatic rings. The zero-order chi connectivity index (χ0) is 13.7. The highest BCUT2D eigenvalue weighted by Gasteiger charge is 2.53. The minimum Gasteiger partial charge on any atom is -0.330 e. The molecule has 4 aliphatic rings. The molecule has 1 atom stereocenters. The lowest BCUT2D eigenvalue weighted by Gasteiger charge is -2.59. The maximum Gasteiger partial charge on any atom is 0.00181 e. The van der Waals surface area contributed by atoms with E-state index in [-0.39, 0.29) is 0 Å². The largest absolute Gasteiger partial charge is 0.330 e. The Hall–Kier alpha value is -0.820. The third kappa shape index (κ3) is 1.94. The fraction of sp³-hybridized carbons (Fsp3) is 0.684. The van der Waals surface area contributed by atoms with E-state index in [2.05, 4.69) is 31.2 Å². The van der Waals surface area contributed by atoms with E-state index in [0.717, 1.165) is 24.3 Å². The van der Waals surface area contributed by atoms with E-state index in [9.17, 15) is 0 Å². The second-order valence-electron chi connectivity index (χ2n) is 7.98. The van der Waals surface area contributed by atoms with Crippen LogP contribution in [-0.4, -0.2) is 6.54 Å². The summed E-state index contributed by atoms with van der Waals surface area (Å²) in [6, 6.07) is 9.13. The first-order chi connectivity index (χ1) is 9.68. The summed E-state index contributed by atoms with van der Waals surface area (Å²) in [4.78, 5) is 0. The molecule has 5 rings (SSSR count). The summed E-state index contributed by atoms with van der Waals surface area (Å²) in [6.45, 7) is 3.03. The van der Waals surface area contributed by atoms with Crippen LogP contribution >= 0.6 is 0 Å². The molecular weight excluding hydrogens is 242 g/mol. The van der Waals surface area contributed by atoms with Crippen molar-refractivity contribution in [2.45, 2.75) is 51.4 Å². The predicted molar refractivity (Wildman–Crippen MR) is 83.6 cm³/mol. The zero-order valence-electron chi connectivity index (χ0n) is 12.6. The molecule has 108 valence electrons. The molecule has 1 unspecified atom stereocenters. The molecule has 0 saturated heterocycles. The highest BCUT2D eigenvalue weighted by Crippen LogP contribution is 2.64. The lowest BCUT2D eigenvalue weighted by Crippen LogP contribution is -2.50. The van der Waals surface area contributed by atoms with Crippen LogP contribution < -0.4 is 5.73 Å². The van der Waals surface area contributed by atoms with Crippen LogP contribution in [0.2, 0.25) is 0 Å². The number of rotatable bonds is 3. The van der Waals surface area contributed by atoms with Crippen LogP contribution in [0.5, 0.6) is 0 Å². The summed E-state index contributed by atoms with van der Waals surface area (Å²) < 4.78 is 0. The molecule has 20 heavy (non-hydrogen) atoms. The van der Waals surface area contributed by atoms with Crippen LogP contribution in [0.4, 0.5) is 0 Å². The van der Waals surface area contributed by atoms with E-state index in [4.69, 9.17) is 5.73 Å². The van der Waals surface area contributed by atoms with E-state index in [1.807, 2.05) is 0 Å². The molecule has 0 radical (unpaired) electrons. The van der Waals surface area contributed by atoms with Gasteiger partial charge in [0.2, 0.25) is 0 Å². The van der Waals surface area contributed by atoms with E-state index in [1.54, 1.807) is 0 Å². The third-order valence-electron chi connectivity index (χ3n) is 6.51. The van der Waals surface area contributed by atoms with Crippen molar-refractivity contribution in [3.8, 4) is 0 Å². The monoisotopic (exact) mass is 269 g/mol. The first-order valence-electron chi connectivity index (χ1n) is 8.45. The first kappa shape index (κ1) is 12.9. The molecule has 0 aliphatic heterocycles. The van der Waals surface area contributed by atoms with E-state index >= 15 is 0 Å². The Bertz CT molecular complexity index is 469. The van der Waals surface area contributed by atoms with Gasteiger partial charge < -0.3 is 5.73 Å². The number of nitrogens with two attached hydrogens (primary N) is 1. The summed E-state index contributed by atoms with van der Waals surface area (Å²) in [7, 11) is 0. The van der Waals surface area contributed by atoms with Crippen LogP contribution in [0, 0.1) is 30.1 Å². The summed E-state index contributed by atoms with van der Waals surface area (Å²) in [5.41, 5.74) is 9.70. The molecule has 0 heterocycles. The number of hydrogen-bond donors (Lipinski definition) is 1. The summed E-state index contributed by atoms with van der Waals surface area (Å²) in [5.74, 6) is 3.64. The van der Waals surface area contributed by atoms with Crippen molar-refractivity contribution >= 4 is 0 Å². The molecule has 2 N–H and O–H groups in total. The molecular formula is C19H27N.